The molecule has 0 amide bonds. The predicted molar refractivity (Wildman–Crippen MR) is 89.9 cm³/mol. The van der Waals surface area contributed by atoms with E-state index >= 15 is 0 Å². The molecule has 1 aliphatic rings. The highest BCUT2D eigenvalue weighted by Gasteiger charge is 2.21. The molecule has 4 nitrogen and oxygen atoms in total. The van der Waals surface area contributed by atoms with Gasteiger partial charge in [0.15, 0.2) is 0 Å². The van der Waals surface area contributed by atoms with Gasteiger partial charge in [0, 0.05) is 37.9 Å². The van der Waals surface area contributed by atoms with Crippen molar-refractivity contribution in [1.29, 1.82) is 0 Å². The van der Waals surface area contributed by atoms with Crippen molar-refractivity contribution in [3.63, 3.8) is 0 Å². The molecule has 21 heavy (non-hydrogen) atoms. The second kappa shape index (κ2) is 8.35. The molecule has 1 aromatic rings. The number of aromatic nitrogens is 1. The zero-order valence-electron chi connectivity index (χ0n) is 13.8. The van der Waals surface area contributed by atoms with E-state index in [0.29, 0.717) is 12.1 Å². The number of pyridine rings is 1. The van der Waals surface area contributed by atoms with Gasteiger partial charge in [-0.2, -0.15) is 0 Å². The lowest BCUT2D eigenvalue weighted by molar-refractivity contribution is 0.253. The first kappa shape index (κ1) is 16.2. The Morgan fingerprint density at radius 1 is 1.29 bits per heavy atom. The number of nitrogens with one attached hydrogen (secondary N) is 1. The number of piperidine rings is 1. The summed E-state index contributed by atoms with van der Waals surface area (Å²) in [7, 11) is 0. The highest BCUT2D eigenvalue weighted by molar-refractivity contribution is 5.38. The SMILES string of the molecule is CCN(CC)CC(C)NC1CCN(c2ccccn2)CC1. The number of nitrogens with zero attached hydrogens (tertiary/aromatic N) is 3. The Hall–Kier alpha value is -1.13. The topological polar surface area (TPSA) is 31.4 Å². The van der Waals surface area contributed by atoms with Crippen molar-refractivity contribution in [3.8, 4) is 0 Å². The van der Waals surface area contributed by atoms with Gasteiger partial charge in [-0.15, -0.1) is 0 Å². The van der Waals surface area contributed by atoms with Crippen molar-refractivity contribution in [3.05, 3.63) is 24.4 Å². The first-order valence-corrected chi connectivity index (χ1v) is 8.37. The van der Waals surface area contributed by atoms with Crippen molar-refractivity contribution in [1.82, 2.24) is 15.2 Å². The van der Waals surface area contributed by atoms with Crippen molar-refractivity contribution >= 4 is 5.82 Å². The molecule has 0 radical (unpaired) electrons. The largest absolute Gasteiger partial charge is 0.357 e. The van der Waals surface area contributed by atoms with Crippen LogP contribution in [0.25, 0.3) is 0 Å². The van der Waals surface area contributed by atoms with Crippen LogP contribution in [0, 0.1) is 0 Å². The van der Waals surface area contributed by atoms with Gasteiger partial charge in [-0.3, -0.25) is 0 Å². The molecular weight excluding hydrogens is 260 g/mol. The van der Waals surface area contributed by atoms with Crippen molar-refractivity contribution in [2.24, 2.45) is 0 Å². The predicted octanol–water partition coefficient (Wildman–Crippen LogP) is 2.37. The highest BCUT2D eigenvalue weighted by Crippen LogP contribution is 2.17. The zero-order valence-corrected chi connectivity index (χ0v) is 13.8. The molecule has 0 saturated carbocycles. The van der Waals surface area contributed by atoms with Crippen LogP contribution in [0.4, 0.5) is 5.82 Å². The summed E-state index contributed by atoms with van der Waals surface area (Å²) in [6.45, 7) is 12.4. The minimum absolute atomic E-state index is 0.566. The van der Waals surface area contributed by atoms with Gasteiger partial charge < -0.3 is 15.1 Å². The Bertz CT molecular complexity index is 383. The normalized spacial score (nSPS) is 18.2. The number of anilines is 1. The third-order valence-electron chi connectivity index (χ3n) is 4.41. The Labute approximate surface area is 129 Å². The van der Waals surface area contributed by atoms with Crippen molar-refractivity contribution in [2.45, 2.75) is 45.7 Å². The van der Waals surface area contributed by atoms with Crippen LogP contribution >= 0.6 is 0 Å². The molecule has 4 heteroatoms. The fourth-order valence-electron chi connectivity index (χ4n) is 3.14. The molecular formula is C17H30N4. The van der Waals surface area contributed by atoms with Gasteiger partial charge in [-0.1, -0.05) is 19.9 Å². The second-order valence-corrected chi connectivity index (χ2v) is 6.00. The fraction of sp³-hybridized carbons (Fsp3) is 0.706. The summed E-state index contributed by atoms with van der Waals surface area (Å²) in [6, 6.07) is 7.37. The third-order valence-corrected chi connectivity index (χ3v) is 4.41. The lowest BCUT2D eigenvalue weighted by Crippen LogP contribution is -2.48. The van der Waals surface area contributed by atoms with E-state index < -0.39 is 0 Å². The van der Waals surface area contributed by atoms with Gasteiger partial charge in [0.2, 0.25) is 0 Å². The van der Waals surface area contributed by atoms with Crippen molar-refractivity contribution in [2.75, 3.05) is 37.6 Å². The fourth-order valence-corrected chi connectivity index (χ4v) is 3.14. The number of hydrogen-bond donors (Lipinski definition) is 1. The maximum atomic E-state index is 4.45. The summed E-state index contributed by atoms with van der Waals surface area (Å²) >= 11 is 0. The van der Waals surface area contributed by atoms with E-state index in [1.165, 1.54) is 12.8 Å². The Morgan fingerprint density at radius 3 is 2.57 bits per heavy atom. The summed E-state index contributed by atoms with van der Waals surface area (Å²) in [6.07, 6.45) is 4.30. The van der Waals surface area contributed by atoms with Crippen LogP contribution in [-0.2, 0) is 0 Å². The van der Waals surface area contributed by atoms with Gasteiger partial charge >= 0.3 is 0 Å². The Balaban J connectivity index is 1.74. The molecule has 0 spiro atoms. The maximum Gasteiger partial charge on any atom is 0.128 e. The number of rotatable bonds is 7. The molecule has 118 valence electrons. The van der Waals surface area contributed by atoms with E-state index in [9.17, 15) is 0 Å². The molecule has 2 heterocycles. The van der Waals surface area contributed by atoms with Crippen LogP contribution in [0.1, 0.15) is 33.6 Å². The zero-order chi connectivity index (χ0) is 15.1. The van der Waals surface area contributed by atoms with Crippen LogP contribution < -0.4 is 10.2 Å². The molecule has 1 aliphatic heterocycles. The van der Waals surface area contributed by atoms with Crippen LogP contribution in [0.3, 0.4) is 0 Å². The minimum atomic E-state index is 0.566. The standard InChI is InChI=1S/C17H30N4/c1-4-20(5-2)14-15(3)19-16-9-12-21(13-10-16)17-8-6-7-11-18-17/h6-8,11,15-16,19H,4-5,9-10,12-14H2,1-3H3. The average molecular weight is 290 g/mol. The van der Waals surface area contributed by atoms with Gasteiger partial charge in [0.25, 0.3) is 0 Å². The lowest BCUT2D eigenvalue weighted by Gasteiger charge is -2.35. The van der Waals surface area contributed by atoms with Crippen LogP contribution in [0.2, 0.25) is 0 Å². The van der Waals surface area contributed by atoms with E-state index in [1.807, 2.05) is 12.3 Å². The third kappa shape index (κ3) is 4.97. The second-order valence-electron chi connectivity index (χ2n) is 6.00. The highest BCUT2D eigenvalue weighted by atomic mass is 15.2. The molecule has 0 aliphatic carbocycles. The van der Waals surface area contributed by atoms with Crippen LogP contribution in [0.15, 0.2) is 24.4 Å². The van der Waals surface area contributed by atoms with Crippen LogP contribution in [-0.4, -0.2) is 54.7 Å². The molecule has 1 atom stereocenters. The molecule has 1 N–H and O–H groups in total. The summed E-state index contributed by atoms with van der Waals surface area (Å²) in [4.78, 5) is 9.33. The van der Waals surface area contributed by atoms with E-state index in [2.05, 4.69) is 53.0 Å². The van der Waals surface area contributed by atoms with E-state index in [-0.39, 0.29) is 0 Å². The smallest absolute Gasteiger partial charge is 0.128 e. The molecule has 0 aromatic carbocycles. The quantitative estimate of drug-likeness (QED) is 0.835. The monoisotopic (exact) mass is 290 g/mol. The van der Waals surface area contributed by atoms with Gasteiger partial charge in [-0.25, -0.2) is 4.98 Å². The molecule has 0 bridgehead atoms. The van der Waals surface area contributed by atoms with E-state index in [1.54, 1.807) is 0 Å². The molecule has 2 rings (SSSR count). The molecule has 1 fully saturated rings. The Kier molecular flexibility index (Phi) is 6.46. The van der Waals surface area contributed by atoms with Gasteiger partial charge in [0.05, 0.1) is 0 Å². The maximum absolute atomic E-state index is 4.45. The molecule has 1 unspecified atom stereocenters. The van der Waals surface area contributed by atoms with E-state index in [4.69, 9.17) is 0 Å². The Morgan fingerprint density at radius 2 is 2.00 bits per heavy atom. The number of likely N-dealkylation sites (N-methyl/N-ethyl adjacent to an activating group) is 1. The number of hydrogen-bond acceptors (Lipinski definition) is 4. The van der Waals surface area contributed by atoms with Gasteiger partial charge in [-0.05, 0) is 45.0 Å². The van der Waals surface area contributed by atoms with E-state index in [0.717, 1.165) is 38.5 Å². The first-order chi connectivity index (χ1) is 10.2. The molecule has 1 aromatic heterocycles. The lowest BCUT2D eigenvalue weighted by atomic mass is 10.0. The van der Waals surface area contributed by atoms with Gasteiger partial charge in [0.1, 0.15) is 5.82 Å². The minimum Gasteiger partial charge on any atom is -0.357 e. The summed E-state index contributed by atoms with van der Waals surface area (Å²) in [5, 5.41) is 3.80. The average Bonchev–Trinajstić information content (AvgIpc) is 2.54. The summed E-state index contributed by atoms with van der Waals surface area (Å²) in [5.41, 5.74) is 0. The van der Waals surface area contributed by atoms with Crippen molar-refractivity contribution < 1.29 is 0 Å². The first-order valence-electron chi connectivity index (χ1n) is 8.37. The summed E-state index contributed by atoms with van der Waals surface area (Å²) < 4.78 is 0. The summed E-state index contributed by atoms with van der Waals surface area (Å²) in [5.74, 6) is 1.12. The molecule has 1 saturated heterocycles. The van der Waals surface area contributed by atoms with Crippen LogP contribution in [0.5, 0.6) is 0 Å².